The number of fused-ring (bicyclic) bond motifs is 1. The first kappa shape index (κ1) is 32.6. The first-order valence-corrected chi connectivity index (χ1v) is 14.5. The third-order valence-electron chi connectivity index (χ3n) is 7.43. The second-order valence-electron chi connectivity index (χ2n) is 10.5. The third kappa shape index (κ3) is 6.92. The fourth-order valence-corrected chi connectivity index (χ4v) is 6.15. The van der Waals surface area contributed by atoms with Crippen molar-refractivity contribution in [1.82, 2.24) is 4.57 Å². The van der Waals surface area contributed by atoms with Crippen LogP contribution in [-0.2, 0) is 55.7 Å². The number of carbonyl (C=O) groups excluding carboxylic acids is 4. The Labute approximate surface area is 259 Å². The molecule has 1 aromatic carbocycles. The summed E-state index contributed by atoms with van der Waals surface area (Å²) < 4.78 is 35.6. The highest BCUT2D eigenvalue weighted by molar-refractivity contribution is 7.71. The van der Waals surface area contributed by atoms with E-state index in [1.165, 1.54) is 13.8 Å². The van der Waals surface area contributed by atoms with Gasteiger partial charge in [-0.2, -0.15) is 5.26 Å². The van der Waals surface area contributed by atoms with Crippen molar-refractivity contribution in [3.63, 3.8) is 0 Å². The molecule has 12 nitrogen and oxygen atoms in total. The smallest absolute Gasteiger partial charge is 0.303 e. The Kier molecular flexibility index (Phi) is 10.4. The number of rotatable bonds is 8. The lowest BCUT2D eigenvalue weighted by atomic mass is 9.86. The zero-order valence-corrected chi connectivity index (χ0v) is 25.9. The molecule has 0 N–H and O–H groups in total. The zero-order chi connectivity index (χ0) is 32.1. The minimum Gasteiger partial charge on any atom is -0.497 e. The number of carbonyl (C=O) groups is 4. The van der Waals surface area contributed by atoms with E-state index in [1.807, 2.05) is 12.1 Å². The molecule has 0 amide bonds. The van der Waals surface area contributed by atoms with E-state index in [1.54, 1.807) is 23.8 Å². The van der Waals surface area contributed by atoms with Crippen LogP contribution in [0.5, 0.6) is 5.75 Å². The van der Waals surface area contributed by atoms with Crippen molar-refractivity contribution in [3.8, 4) is 22.9 Å². The maximum atomic E-state index is 12.4. The molecule has 0 spiro atoms. The SMILES string of the molecule is COc1ccc(-c2c3c(n([C@@H]4O[C@H](COC(C)=O)[C@@H](OC(C)=O)[C@@H](OC(C)=O)[C@H]4OC(C)=O)c(=S)c2C#N)CCCC3)cc1. The van der Waals surface area contributed by atoms with E-state index >= 15 is 0 Å². The van der Waals surface area contributed by atoms with Crippen molar-refractivity contribution in [2.75, 3.05) is 13.7 Å². The van der Waals surface area contributed by atoms with Crippen LogP contribution >= 0.6 is 12.2 Å². The minimum absolute atomic E-state index is 0.111. The first-order valence-electron chi connectivity index (χ1n) is 14.1. The summed E-state index contributed by atoms with van der Waals surface area (Å²) in [5.74, 6) is -2.16. The summed E-state index contributed by atoms with van der Waals surface area (Å²) in [5.41, 5.74) is 3.31. The van der Waals surface area contributed by atoms with Crippen LogP contribution < -0.4 is 4.74 Å². The molecular weight excluding hydrogens is 592 g/mol. The van der Waals surface area contributed by atoms with Gasteiger partial charge in [0.15, 0.2) is 24.5 Å². The lowest BCUT2D eigenvalue weighted by molar-refractivity contribution is -0.269. The summed E-state index contributed by atoms with van der Waals surface area (Å²) in [6.45, 7) is 4.32. The number of ether oxygens (including phenoxy) is 6. The number of methoxy groups -OCH3 is 1. The van der Waals surface area contributed by atoms with Crippen LogP contribution in [-0.4, -0.2) is 66.6 Å². The van der Waals surface area contributed by atoms with E-state index in [-0.39, 0.29) is 16.8 Å². The van der Waals surface area contributed by atoms with Gasteiger partial charge in [-0.25, -0.2) is 0 Å². The Morgan fingerprint density at radius 3 is 2.07 bits per heavy atom. The highest BCUT2D eigenvalue weighted by atomic mass is 32.1. The van der Waals surface area contributed by atoms with Crippen LogP contribution in [0.2, 0.25) is 0 Å². The fourth-order valence-electron chi connectivity index (χ4n) is 5.79. The van der Waals surface area contributed by atoms with Crippen LogP contribution in [0.3, 0.4) is 0 Å². The molecule has 1 aromatic heterocycles. The van der Waals surface area contributed by atoms with Crippen molar-refractivity contribution in [2.24, 2.45) is 0 Å². The van der Waals surface area contributed by atoms with E-state index in [0.717, 1.165) is 43.5 Å². The lowest BCUT2D eigenvalue weighted by Gasteiger charge is -2.46. The normalized spacial score (nSPS) is 22.5. The minimum atomic E-state index is -1.37. The number of hydrogen-bond donors (Lipinski definition) is 0. The molecule has 2 aromatic rings. The van der Waals surface area contributed by atoms with Crippen LogP contribution in [0.15, 0.2) is 24.3 Å². The topological polar surface area (TPSA) is 152 Å². The highest BCUT2D eigenvalue weighted by Gasteiger charge is 2.53. The lowest BCUT2D eigenvalue weighted by Crippen LogP contribution is -2.61. The number of hydrogen-bond acceptors (Lipinski definition) is 12. The number of aromatic nitrogens is 1. The average Bonchev–Trinajstić information content (AvgIpc) is 2.97. The molecule has 2 aliphatic rings. The molecule has 0 radical (unpaired) electrons. The Morgan fingerprint density at radius 2 is 1.50 bits per heavy atom. The van der Waals surface area contributed by atoms with Crippen molar-refractivity contribution < 1.29 is 47.6 Å². The van der Waals surface area contributed by atoms with Gasteiger partial charge in [-0.05, 0) is 48.9 Å². The summed E-state index contributed by atoms with van der Waals surface area (Å²) >= 11 is 5.95. The van der Waals surface area contributed by atoms with Crippen molar-refractivity contribution in [3.05, 3.63) is 45.7 Å². The molecule has 1 fully saturated rings. The van der Waals surface area contributed by atoms with Crippen LogP contribution in [0.25, 0.3) is 11.1 Å². The Balaban J connectivity index is 1.98. The second-order valence-corrected chi connectivity index (χ2v) is 10.9. The van der Waals surface area contributed by atoms with Gasteiger partial charge in [0, 0.05) is 39.0 Å². The number of nitriles is 1. The molecule has 1 saturated heterocycles. The summed E-state index contributed by atoms with van der Waals surface area (Å²) in [6.07, 6.45) is -3.58. The fraction of sp³-hybridized carbons (Fsp3) is 0.484. The molecule has 0 unspecified atom stereocenters. The molecule has 1 aliphatic carbocycles. The van der Waals surface area contributed by atoms with Gasteiger partial charge in [0.2, 0.25) is 0 Å². The monoisotopic (exact) mass is 626 g/mol. The van der Waals surface area contributed by atoms with E-state index < -0.39 is 54.5 Å². The quantitative estimate of drug-likeness (QED) is 0.237. The van der Waals surface area contributed by atoms with E-state index in [2.05, 4.69) is 6.07 Å². The van der Waals surface area contributed by atoms with Gasteiger partial charge in [0.1, 0.15) is 29.2 Å². The zero-order valence-electron chi connectivity index (χ0n) is 25.1. The number of nitrogens with zero attached hydrogens (tertiary/aromatic N) is 2. The standard InChI is InChI=1S/C31H34N2O10S/c1-16(34)39-15-25-27(40-17(2)35)28(41-18(3)36)29(42-19(4)37)30(43-25)33-24-9-7-6-8-22(24)26(23(14-32)31(33)44)20-10-12-21(38-5)13-11-20/h10-13,25,27-30H,6-9,15H2,1-5H3/t25-,27-,28-,29-,30-/m1/s1. The molecule has 0 saturated carbocycles. The summed E-state index contributed by atoms with van der Waals surface area (Å²) in [6, 6.07) is 9.58. The summed E-state index contributed by atoms with van der Waals surface area (Å²) in [5, 5.41) is 10.4. The molecule has 13 heteroatoms. The van der Waals surface area contributed by atoms with Gasteiger partial charge in [-0.1, -0.05) is 24.4 Å². The second kappa shape index (κ2) is 14.0. The summed E-state index contributed by atoms with van der Waals surface area (Å²) in [4.78, 5) is 48.7. The van der Waals surface area contributed by atoms with Crippen molar-refractivity contribution in [1.29, 1.82) is 5.26 Å². The Bertz CT molecular complexity index is 1540. The maximum Gasteiger partial charge on any atom is 0.303 e. The van der Waals surface area contributed by atoms with Gasteiger partial charge in [0.25, 0.3) is 0 Å². The van der Waals surface area contributed by atoms with Crippen molar-refractivity contribution in [2.45, 2.75) is 84.0 Å². The number of pyridine rings is 1. The highest BCUT2D eigenvalue weighted by Crippen LogP contribution is 2.41. The molecule has 44 heavy (non-hydrogen) atoms. The Morgan fingerprint density at radius 1 is 0.909 bits per heavy atom. The van der Waals surface area contributed by atoms with Gasteiger partial charge >= 0.3 is 23.9 Å². The maximum absolute atomic E-state index is 12.4. The van der Waals surface area contributed by atoms with Crippen LogP contribution in [0, 0.1) is 16.0 Å². The number of esters is 4. The first-order chi connectivity index (χ1) is 21.0. The molecule has 5 atom stereocenters. The largest absolute Gasteiger partial charge is 0.497 e. The molecule has 234 valence electrons. The molecule has 2 heterocycles. The molecule has 0 bridgehead atoms. The van der Waals surface area contributed by atoms with Crippen molar-refractivity contribution >= 4 is 36.1 Å². The van der Waals surface area contributed by atoms with Gasteiger partial charge in [-0.3, -0.25) is 19.2 Å². The molecular formula is C31H34N2O10S. The molecule has 4 rings (SSSR count). The van der Waals surface area contributed by atoms with Gasteiger partial charge in [0.05, 0.1) is 12.7 Å². The van der Waals surface area contributed by atoms with Gasteiger partial charge < -0.3 is 33.0 Å². The van der Waals surface area contributed by atoms with Crippen LogP contribution in [0.1, 0.15) is 63.6 Å². The van der Waals surface area contributed by atoms with E-state index in [4.69, 9.17) is 40.6 Å². The van der Waals surface area contributed by atoms with E-state index in [0.29, 0.717) is 24.2 Å². The van der Waals surface area contributed by atoms with Gasteiger partial charge in [-0.15, -0.1) is 0 Å². The predicted molar refractivity (Wildman–Crippen MR) is 156 cm³/mol. The predicted octanol–water partition coefficient (Wildman–Crippen LogP) is 3.90. The third-order valence-corrected chi connectivity index (χ3v) is 7.83. The number of benzene rings is 1. The van der Waals surface area contributed by atoms with Crippen LogP contribution in [0.4, 0.5) is 0 Å². The summed E-state index contributed by atoms with van der Waals surface area (Å²) in [7, 11) is 1.57. The van der Waals surface area contributed by atoms with E-state index in [9.17, 15) is 24.4 Å². The average molecular weight is 627 g/mol. The molecule has 1 aliphatic heterocycles. The Hall–Kier alpha value is -4.28.